The van der Waals surface area contributed by atoms with Gasteiger partial charge in [-0.25, -0.2) is 9.97 Å². The minimum absolute atomic E-state index is 0.386. The van der Waals surface area contributed by atoms with Crippen molar-refractivity contribution in [3.63, 3.8) is 0 Å². The molecule has 0 atom stereocenters. The molecule has 0 fully saturated rings. The predicted molar refractivity (Wildman–Crippen MR) is 136 cm³/mol. The molecule has 0 aliphatic rings. The fourth-order valence-electron chi connectivity index (χ4n) is 3.08. The van der Waals surface area contributed by atoms with Gasteiger partial charge in [-0.05, 0) is 57.9 Å². The molecule has 0 bridgehead atoms. The minimum Gasteiger partial charge on any atom is -0.382 e. The summed E-state index contributed by atoms with van der Waals surface area (Å²) in [6.07, 6.45) is 10.3. The highest BCUT2D eigenvalue weighted by molar-refractivity contribution is 6.35. The number of aromatic nitrogens is 3. The lowest BCUT2D eigenvalue weighted by Crippen LogP contribution is -2.19. The number of allylic oxidation sites excluding steroid dienone is 4. The first-order chi connectivity index (χ1) is 15.2. The summed E-state index contributed by atoms with van der Waals surface area (Å²) >= 11 is 6.65. The molecule has 1 aromatic carbocycles. The highest BCUT2D eigenvalue weighted by Crippen LogP contribution is 2.36. The molecule has 0 amide bonds. The molecule has 170 valence electrons. The average Bonchev–Trinajstić information content (AvgIpc) is 2.79. The van der Waals surface area contributed by atoms with Crippen LogP contribution in [0.2, 0.25) is 5.02 Å². The summed E-state index contributed by atoms with van der Waals surface area (Å²) in [7, 11) is 0. The molecule has 0 radical (unpaired) electrons. The number of fused-ring (bicyclic) bond motifs is 1. The average molecular weight is 453 g/mol. The molecule has 5 nitrogen and oxygen atoms in total. The maximum Gasteiger partial charge on any atom is 0.159 e. The lowest BCUT2D eigenvalue weighted by Gasteiger charge is -2.17. The number of aryl methyl sites for hydroxylation is 1. The first-order valence-corrected chi connectivity index (χ1v) is 11.4. The van der Waals surface area contributed by atoms with Crippen LogP contribution in [0.25, 0.3) is 22.0 Å². The van der Waals surface area contributed by atoms with Gasteiger partial charge in [0.05, 0.1) is 21.9 Å². The molecule has 0 saturated carbocycles. The van der Waals surface area contributed by atoms with Crippen molar-refractivity contribution in [1.29, 1.82) is 0 Å². The maximum absolute atomic E-state index is 10.1. The molecule has 0 unspecified atom stereocenters. The van der Waals surface area contributed by atoms with E-state index in [1.807, 2.05) is 64.1 Å². The summed E-state index contributed by atoms with van der Waals surface area (Å²) < 4.78 is 0. The van der Waals surface area contributed by atoms with Crippen molar-refractivity contribution in [3.8, 4) is 11.1 Å². The maximum atomic E-state index is 10.1. The topological polar surface area (TPSA) is 70.9 Å². The highest BCUT2D eigenvalue weighted by atomic mass is 35.5. The Hall–Kier alpha value is -2.76. The minimum atomic E-state index is -1.08. The van der Waals surface area contributed by atoms with Crippen LogP contribution in [-0.2, 0) is 5.60 Å². The quantitative estimate of drug-likeness (QED) is 0.387. The van der Waals surface area contributed by atoms with Crippen LogP contribution in [0.4, 0.5) is 5.69 Å². The van der Waals surface area contributed by atoms with Crippen LogP contribution in [0.3, 0.4) is 0 Å². The van der Waals surface area contributed by atoms with E-state index in [4.69, 9.17) is 11.6 Å². The van der Waals surface area contributed by atoms with Crippen LogP contribution in [0.1, 0.15) is 59.5 Å². The number of nitrogens with one attached hydrogen (secondary N) is 1. The number of halogens is 1. The molecule has 0 aliphatic carbocycles. The molecule has 3 aromatic rings. The van der Waals surface area contributed by atoms with Gasteiger partial charge in [0.15, 0.2) is 5.82 Å². The zero-order chi connectivity index (χ0) is 23.9. The summed E-state index contributed by atoms with van der Waals surface area (Å²) in [6, 6.07) is 6.01. The van der Waals surface area contributed by atoms with Crippen molar-refractivity contribution in [2.24, 2.45) is 0 Å². The van der Waals surface area contributed by atoms with Crippen molar-refractivity contribution in [3.05, 3.63) is 71.1 Å². The Labute approximate surface area is 196 Å². The number of hydrogen-bond donors (Lipinski definition) is 2. The molecule has 6 heteroatoms. The number of nitrogens with zero attached hydrogens (tertiary/aromatic N) is 3. The Morgan fingerprint density at radius 1 is 1.16 bits per heavy atom. The first-order valence-electron chi connectivity index (χ1n) is 11.0. The normalized spacial score (nSPS) is 12.1. The molecule has 32 heavy (non-hydrogen) atoms. The molecule has 3 rings (SSSR count). The van der Waals surface area contributed by atoms with Crippen molar-refractivity contribution >= 4 is 28.2 Å². The van der Waals surface area contributed by atoms with Gasteiger partial charge in [0.1, 0.15) is 5.60 Å². The van der Waals surface area contributed by atoms with E-state index >= 15 is 0 Å². The second kappa shape index (κ2) is 11.2. The number of anilines is 1. The lowest BCUT2D eigenvalue weighted by molar-refractivity contribution is 0.0687. The Morgan fingerprint density at radius 3 is 2.38 bits per heavy atom. The molecule has 0 saturated heterocycles. The van der Waals surface area contributed by atoms with E-state index in [0.717, 1.165) is 45.5 Å². The number of benzene rings is 1. The summed E-state index contributed by atoms with van der Waals surface area (Å²) in [5.74, 6) is 0.386. The van der Waals surface area contributed by atoms with Crippen LogP contribution in [-0.4, -0.2) is 20.1 Å². The molecule has 0 spiro atoms. The van der Waals surface area contributed by atoms with E-state index in [2.05, 4.69) is 27.2 Å². The standard InChI is InChI=1S/C24H27ClN4O.C2H6/c1-6-8-9-18(7-2)29-22-19-12-16(10-11-20(19)28-15(3)21(22)25)17-13-26-23(27-14-17)24(4,5)30;1-2/h6,8-14,30H,7H2,1-5H3,(H,28,29);1-2H3/b8-6-,18-9+;. The zero-order valence-electron chi connectivity index (χ0n) is 20.0. The summed E-state index contributed by atoms with van der Waals surface area (Å²) in [5.41, 5.74) is 4.26. The van der Waals surface area contributed by atoms with Gasteiger partial charge in [-0.15, -0.1) is 0 Å². The van der Waals surface area contributed by atoms with Crippen LogP contribution in [0.15, 0.2) is 54.5 Å². The third-order valence-corrected chi connectivity index (χ3v) is 5.24. The molecule has 2 heterocycles. The summed E-state index contributed by atoms with van der Waals surface area (Å²) in [5, 5.41) is 15.1. The molecule has 0 aliphatic heterocycles. The number of rotatable bonds is 6. The van der Waals surface area contributed by atoms with Gasteiger partial charge in [0, 0.05) is 29.0 Å². The predicted octanol–water partition coefficient (Wildman–Crippen LogP) is 7.19. The highest BCUT2D eigenvalue weighted by Gasteiger charge is 2.19. The Morgan fingerprint density at radius 2 is 1.81 bits per heavy atom. The Kier molecular flexibility index (Phi) is 8.93. The summed E-state index contributed by atoms with van der Waals surface area (Å²) in [4.78, 5) is 13.3. The molecular formula is C26H33ClN4O. The van der Waals surface area contributed by atoms with Gasteiger partial charge in [0.2, 0.25) is 0 Å². The smallest absolute Gasteiger partial charge is 0.159 e. The van der Waals surface area contributed by atoms with E-state index < -0.39 is 5.60 Å². The first kappa shape index (κ1) is 25.5. The van der Waals surface area contributed by atoms with Gasteiger partial charge in [-0.3, -0.25) is 4.98 Å². The molecule has 2 aromatic heterocycles. The fraction of sp³-hybridized carbons (Fsp3) is 0.346. The van der Waals surface area contributed by atoms with Gasteiger partial charge in [0.25, 0.3) is 0 Å². The molecular weight excluding hydrogens is 420 g/mol. The van der Waals surface area contributed by atoms with Gasteiger partial charge in [-0.1, -0.05) is 50.6 Å². The van der Waals surface area contributed by atoms with Crippen molar-refractivity contribution < 1.29 is 5.11 Å². The van der Waals surface area contributed by atoms with Gasteiger partial charge >= 0.3 is 0 Å². The Balaban J connectivity index is 0.00000176. The number of pyridine rings is 1. The van der Waals surface area contributed by atoms with Crippen LogP contribution in [0.5, 0.6) is 0 Å². The molecule has 2 N–H and O–H groups in total. The third-order valence-electron chi connectivity index (χ3n) is 4.78. The van der Waals surface area contributed by atoms with Crippen LogP contribution in [0, 0.1) is 6.92 Å². The van der Waals surface area contributed by atoms with Gasteiger partial charge < -0.3 is 10.4 Å². The van der Waals surface area contributed by atoms with Crippen molar-refractivity contribution in [1.82, 2.24) is 15.0 Å². The second-order valence-corrected chi connectivity index (χ2v) is 8.05. The third kappa shape index (κ3) is 5.93. The summed E-state index contributed by atoms with van der Waals surface area (Å²) in [6.45, 7) is 13.3. The number of hydrogen-bond acceptors (Lipinski definition) is 5. The van der Waals surface area contributed by atoms with Crippen molar-refractivity contribution in [2.45, 2.75) is 60.5 Å². The van der Waals surface area contributed by atoms with E-state index in [9.17, 15) is 5.11 Å². The Bertz CT molecular complexity index is 1110. The van der Waals surface area contributed by atoms with Crippen LogP contribution < -0.4 is 5.32 Å². The lowest BCUT2D eigenvalue weighted by atomic mass is 10.0. The van der Waals surface area contributed by atoms with E-state index in [1.54, 1.807) is 26.2 Å². The van der Waals surface area contributed by atoms with Crippen molar-refractivity contribution in [2.75, 3.05) is 5.32 Å². The zero-order valence-corrected chi connectivity index (χ0v) is 20.7. The SMILES string of the molecule is C/C=C\C=C(/CC)Nc1c(Cl)c(C)nc2ccc(-c3cnc(C(C)(C)O)nc3)cc12.CC. The second-order valence-electron chi connectivity index (χ2n) is 7.67. The monoisotopic (exact) mass is 452 g/mol. The van der Waals surface area contributed by atoms with Crippen LogP contribution >= 0.6 is 11.6 Å². The largest absolute Gasteiger partial charge is 0.382 e. The van der Waals surface area contributed by atoms with Gasteiger partial charge in [-0.2, -0.15) is 0 Å². The fourth-order valence-corrected chi connectivity index (χ4v) is 3.27. The van der Waals surface area contributed by atoms with E-state index in [1.165, 1.54) is 0 Å². The van der Waals surface area contributed by atoms with E-state index in [-0.39, 0.29) is 0 Å². The van der Waals surface area contributed by atoms with E-state index in [0.29, 0.717) is 10.8 Å². The number of aliphatic hydroxyl groups is 1.